The molecular formula is C30H34N8O4. The van der Waals surface area contributed by atoms with Crippen LogP contribution in [0.1, 0.15) is 43.2 Å². The molecule has 1 saturated heterocycles. The Morgan fingerprint density at radius 1 is 1.14 bits per heavy atom. The fourth-order valence-electron chi connectivity index (χ4n) is 5.37. The lowest BCUT2D eigenvalue weighted by molar-refractivity contribution is -0.134. The van der Waals surface area contributed by atoms with E-state index in [1.54, 1.807) is 7.11 Å². The van der Waals surface area contributed by atoms with Gasteiger partial charge in [-0.15, -0.1) is 0 Å². The minimum Gasteiger partial charge on any atom is -0.495 e. The number of nitrogen functional groups attached to an aromatic ring is 1. The van der Waals surface area contributed by atoms with Crippen LogP contribution in [0.25, 0.3) is 33.2 Å². The number of carbonyl (C=O) groups excluding carboxylic acids is 1. The number of ether oxygens (including phenoxy) is 1. The van der Waals surface area contributed by atoms with Gasteiger partial charge >= 0.3 is 0 Å². The molecule has 6 rings (SSSR count). The Balaban J connectivity index is 0.000000830. The molecule has 4 heterocycles. The molecule has 0 saturated carbocycles. The number of anilines is 2. The Kier molecular flexibility index (Phi) is 8.34. The monoisotopic (exact) mass is 570 g/mol. The first-order chi connectivity index (χ1) is 20.3. The number of nitrogens with two attached hydrogens (primary N) is 1. The Morgan fingerprint density at radius 2 is 1.88 bits per heavy atom. The van der Waals surface area contributed by atoms with Crippen LogP contribution in [-0.4, -0.2) is 61.5 Å². The Morgan fingerprint density at radius 3 is 2.60 bits per heavy atom. The van der Waals surface area contributed by atoms with Crippen molar-refractivity contribution < 1.29 is 19.4 Å². The van der Waals surface area contributed by atoms with Gasteiger partial charge in [0.1, 0.15) is 29.3 Å². The minimum absolute atomic E-state index is 0.201. The molecule has 12 nitrogen and oxygen atoms in total. The number of aryl methyl sites for hydroxylation is 1. The summed E-state index contributed by atoms with van der Waals surface area (Å²) in [5, 5.41) is 20.6. The number of hydrogen-bond donors (Lipinski definition) is 4. The summed E-state index contributed by atoms with van der Waals surface area (Å²) in [4.78, 5) is 31.1. The van der Waals surface area contributed by atoms with Gasteiger partial charge in [-0.1, -0.05) is 24.3 Å². The van der Waals surface area contributed by atoms with Gasteiger partial charge in [0, 0.05) is 29.9 Å². The van der Waals surface area contributed by atoms with Crippen molar-refractivity contribution in [1.29, 1.82) is 0 Å². The van der Waals surface area contributed by atoms with Crippen LogP contribution in [0.5, 0.6) is 5.75 Å². The highest BCUT2D eigenvalue weighted by Crippen LogP contribution is 2.37. The number of nitrogens with one attached hydrogen (secondary N) is 2. The lowest BCUT2D eigenvalue weighted by Gasteiger charge is -2.23. The van der Waals surface area contributed by atoms with Crippen LogP contribution >= 0.6 is 0 Å². The molecule has 3 aromatic heterocycles. The third-order valence-electron chi connectivity index (χ3n) is 7.26. The fourth-order valence-corrected chi connectivity index (χ4v) is 5.37. The van der Waals surface area contributed by atoms with Crippen molar-refractivity contribution in [1.82, 2.24) is 29.6 Å². The van der Waals surface area contributed by atoms with Gasteiger partial charge in [0.05, 0.1) is 24.2 Å². The number of aromatic nitrogens is 5. The number of rotatable bonds is 6. The molecule has 0 bridgehead atoms. The van der Waals surface area contributed by atoms with Crippen molar-refractivity contribution in [3.63, 3.8) is 0 Å². The lowest BCUT2D eigenvalue weighted by Crippen LogP contribution is -2.30. The largest absolute Gasteiger partial charge is 0.495 e. The van der Waals surface area contributed by atoms with Gasteiger partial charge in [-0.2, -0.15) is 5.10 Å². The highest BCUT2D eigenvalue weighted by atomic mass is 16.5. The quantitative estimate of drug-likeness (QED) is 0.233. The number of fused-ring (bicyclic) bond motifs is 2. The Labute approximate surface area is 242 Å². The number of nitrogens with zero attached hydrogens (tertiary/aromatic N) is 5. The molecule has 42 heavy (non-hydrogen) atoms. The second-order valence-corrected chi connectivity index (χ2v) is 9.95. The number of piperidine rings is 1. The zero-order valence-electron chi connectivity index (χ0n) is 23.8. The maximum Gasteiger partial charge on any atom is 0.300 e. The van der Waals surface area contributed by atoms with Gasteiger partial charge in [0.15, 0.2) is 5.65 Å². The van der Waals surface area contributed by atoms with Crippen LogP contribution in [0.2, 0.25) is 0 Å². The van der Waals surface area contributed by atoms with Crippen LogP contribution in [0.3, 0.4) is 0 Å². The van der Waals surface area contributed by atoms with Gasteiger partial charge in [-0.3, -0.25) is 9.59 Å². The third-order valence-corrected chi connectivity index (χ3v) is 7.26. The molecule has 0 aliphatic carbocycles. The molecule has 0 radical (unpaired) electrons. The minimum atomic E-state index is -0.833. The normalized spacial score (nSPS) is 13.5. The van der Waals surface area contributed by atoms with Crippen LogP contribution in [-0.2, 0) is 11.3 Å². The summed E-state index contributed by atoms with van der Waals surface area (Å²) in [6, 6.07) is 15.7. The van der Waals surface area contributed by atoms with Gasteiger partial charge in [0.25, 0.3) is 11.9 Å². The number of carboxylic acid groups (broad SMARTS) is 1. The predicted octanol–water partition coefficient (Wildman–Crippen LogP) is 4.33. The van der Waals surface area contributed by atoms with E-state index in [0.717, 1.165) is 60.4 Å². The van der Waals surface area contributed by atoms with E-state index >= 15 is 0 Å². The van der Waals surface area contributed by atoms with E-state index in [1.807, 2.05) is 64.7 Å². The molecule has 5 N–H and O–H groups in total. The Hall–Kier alpha value is -4.97. The average molecular weight is 571 g/mol. The second-order valence-electron chi connectivity index (χ2n) is 9.95. The first-order valence-electron chi connectivity index (χ1n) is 13.8. The maximum atomic E-state index is 13.3. The number of hydrogen-bond acceptors (Lipinski definition) is 8. The third kappa shape index (κ3) is 5.61. The number of carbonyl (C=O) groups is 2. The molecule has 2 aromatic carbocycles. The molecule has 0 unspecified atom stereocenters. The number of para-hydroxylation sites is 1. The molecule has 0 spiro atoms. The van der Waals surface area contributed by atoms with E-state index in [-0.39, 0.29) is 11.9 Å². The zero-order chi connectivity index (χ0) is 29.8. The van der Waals surface area contributed by atoms with Gasteiger partial charge in [0.2, 0.25) is 0 Å². The van der Waals surface area contributed by atoms with Crippen molar-refractivity contribution in [3.05, 3.63) is 60.6 Å². The summed E-state index contributed by atoms with van der Waals surface area (Å²) in [5.41, 5.74) is 10.7. The van der Waals surface area contributed by atoms with Gasteiger partial charge in [-0.05, 0) is 57.1 Å². The first kappa shape index (κ1) is 28.6. The second kappa shape index (κ2) is 12.3. The number of carboxylic acids is 1. The van der Waals surface area contributed by atoms with Gasteiger partial charge < -0.3 is 30.8 Å². The summed E-state index contributed by atoms with van der Waals surface area (Å²) < 4.78 is 9.69. The molecule has 0 atom stereocenters. The maximum absolute atomic E-state index is 13.3. The molecule has 1 aliphatic heterocycles. The molecule has 12 heteroatoms. The number of methoxy groups -OCH3 is 1. The molecular weight excluding hydrogens is 536 g/mol. The summed E-state index contributed by atoms with van der Waals surface area (Å²) in [6.45, 7) is 5.66. The standard InChI is InChI=1S/C28H30N8O2.C2H4O2/c1-3-35-21-7-5-4-6-17(21)14-22(35)28(37)33-20-9-8-18(15-23(20)38-2)25-24-26(29)31-16-32-27(24)36(34-25)19-10-12-30-13-11-19;1-2(3)4/h4-9,14-16,19,30H,3,10-13H2,1-2H3,(H,33,37)(H2,29,31,32);1H3,(H,3,4). The summed E-state index contributed by atoms with van der Waals surface area (Å²) >= 11 is 0. The summed E-state index contributed by atoms with van der Waals surface area (Å²) in [5.74, 6) is -0.128. The van der Waals surface area contributed by atoms with Crippen molar-refractivity contribution in [3.8, 4) is 17.0 Å². The molecule has 218 valence electrons. The molecule has 5 aromatic rings. The van der Waals surface area contributed by atoms with Crippen molar-refractivity contribution in [2.24, 2.45) is 0 Å². The Bertz CT molecular complexity index is 1750. The van der Waals surface area contributed by atoms with Crippen LogP contribution in [0, 0.1) is 0 Å². The van der Waals surface area contributed by atoms with Gasteiger partial charge in [-0.25, -0.2) is 14.6 Å². The first-order valence-corrected chi connectivity index (χ1v) is 13.8. The smallest absolute Gasteiger partial charge is 0.300 e. The topological polar surface area (TPSA) is 162 Å². The van der Waals surface area contributed by atoms with Crippen LogP contribution < -0.4 is 21.1 Å². The highest BCUT2D eigenvalue weighted by molar-refractivity contribution is 6.07. The van der Waals surface area contributed by atoms with E-state index in [1.165, 1.54) is 6.33 Å². The van der Waals surface area contributed by atoms with E-state index in [2.05, 4.69) is 20.6 Å². The van der Waals surface area contributed by atoms with E-state index in [9.17, 15) is 4.79 Å². The van der Waals surface area contributed by atoms with E-state index < -0.39 is 5.97 Å². The SMILES string of the molecule is CC(=O)O.CCn1c(C(=O)Nc2ccc(-c3nn(C4CCNCC4)c4ncnc(N)c34)cc2OC)cc2ccccc21. The molecule has 1 fully saturated rings. The molecule has 1 amide bonds. The number of amides is 1. The fraction of sp³-hybridized carbons (Fsp3) is 0.300. The average Bonchev–Trinajstić information content (AvgIpc) is 3.57. The van der Waals surface area contributed by atoms with E-state index in [0.29, 0.717) is 35.2 Å². The van der Waals surface area contributed by atoms with Crippen molar-refractivity contribution in [2.75, 3.05) is 31.2 Å². The number of benzene rings is 2. The highest BCUT2D eigenvalue weighted by Gasteiger charge is 2.24. The van der Waals surface area contributed by atoms with Crippen molar-refractivity contribution >= 4 is 45.3 Å². The van der Waals surface area contributed by atoms with Crippen LogP contribution in [0.4, 0.5) is 11.5 Å². The zero-order valence-corrected chi connectivity index (χ0v) is 23.8. The predicted molar refractivity (Wildman–Crippen MR) is 162 cm³/mol. The lowest BCUT2D eigenvalue weighted by atomic mass is 10.1. The number of aliphatic carboxylic acids is 1. The van der Waals surface area contributed by atoms with Crippen LogP contribution in [0.15, 0.2) is 54.9 Å². The summed E-state index contributed by atoms with van der Waals surface area (Å²) in [6.07, 6.45) is 3.40. The van der Waals surface area contributed by atoms with Crippen molar-refractivity contribution in [2.45, 2.75) is 39.3 Å². The summed E-state index contributed by atoms with van der Waals surface area (Å²) in [7, 11) is 1.58. The van der Waals surface area contributed by atoms with E-state index in [4.69, 9.17) is 25.5 Å². The molecule has 1 aliphatic rings.